The molecule has 0 amide bonds. The van der Waals surface area contributed by atoms with Crippen LogP contribution in [0.3, 0.4) is 0 Å². The number of thioether (sulfide) groups is 1. The molecule has 0 aromatic rings. The normalized spacial score (nSPS) is 17.0. The van der Waals surface area contributed by atoms with Crippen molar-refractivity contribution >= 4 is 22.8 Å². The molecule has 3 atom stereocenters. The maximum absolute atomic E-state index is 13.4. The molecule has 0 bridgehead atoms. The van der Waals surface area contributed by atoms with Gasteiger partial charge >= 0.3 is 6.18 Å². The Hall–Kier alpha value is -0.570. The molecular formula is C15H24F3NO2S2. The lowest BCUT2D eigenvalue weighted by Gasteiger charge is -2.35. The van der Waals surface area contributed by atoms with Crippen LogP contribution in [0.5, 0.6) is 0 Å². The lowest BCUT2D eigenvalue weighted by molar-refractivity contribution is -0.188. The third-order valence-corrected chi connectivity index (χ3v) is 5.40. The van der Waals surface area contributed by atoms with Crippen molar-refractivity contribution in [2.75, 3.05) is 13.6 Å². The van der Waals surface area contributed by atoms with Gasteiger partial charge in [0.1, 0.15) is 6.04 Å². The van der Waals surface area contributed by atoms with Crippen molar-refractivity contribution in [3.05, 3.63) is 33.9 Å². The molecule has 0 rings (SSSR count). The molecule has 0 aliphatic heterocycles. The molecule has 1 N–H and O–H groups in total. The average Bonchev–Trinajstić information content (AvgIpc) is 2.43. The van der Waals surface area contributed by atoms with Crippen molar-refractivity contribution in [3.8, 4) is 0 Å². The van der Waals surface area contributed by atoms with Crippen LogP contribution >= 0.6 is 11.8 Å². The molecule has 0 aliphatic carbocycles. The second-order valence-corrected chi connectivity index (χ2v) is 7.46. The summed E-state index contributed by atoms with van der Waals surface area (Å²) >= 11 is -1.36. The highest BCUT2D eigenvalue weighted by molar-refractivity contribution is 8.17. The summed E-state index contributed by atoms with van der Waals surface area (Å²) in [5, 5.41) is 0. The number of halogens is 3. The van der Waals surface area contributed by atoms with E-state index in [-0.39, 0.29) is 16.4 Å². The number of allylic oxidation sites excluding steroid dienone is 2. The highest BCUT2D eigenvalue weighted by Crippen LogP contribution is 2.40. The minimum absolute atomic E-state index is 0.0366. The van der Waals surface area contributed by atoms with Gasteiger partial charge in [-0.15, -0.1) is 0 Å². The maximum Gasteiger partial charge on any atom is 0.404 e. The van der Waals surface area contributed by atoms with Gasteiger partial charge in [0.05, 0.1) is 4.24 Å². The monoisotopic (exact) mass is 371 g/mol. The lowest BCUT2D eigenvalue weighted by atomic mass is 9.92. The van der Waals surface area contributed by atoms with Gasteiger partial charge in [-0.3, -0.25) is 4.90 Å². The zero-order chi connectivity index (χ0) is 18.4. The Morgan fingerprint density at radius 1 is 1.39 bits per heavy atom. The van der Waals surface area contributed by atoms with Gasteiger partial charge in [-0.05, 0) is 25.6 Å². The number of rotatable bonds is 9. The van der Waals surface area contributed by atoms with Crippen LogP contribution in [-0.4, -0.2) is 39.5 Å². The molecule has 0 saturated carbocycles. The van der Waals surface area contributed by atoms with E-state index in [0.29, 0.717) is 11.3 Å². The largest absolute Gasteiger partial charge is 0.404 e. The average molecular weight is 371 g/mol. The minimum atomic E-state index is -4.40. The first-order valence-corrected chi connectivity index (χ1v) is 9.03. The van der Waals surface area contributed by atoms with Gasteiger partial charge in [0, 0.05) is 10.8 Å². The van der Waals surface area contributed by atoms with Crippen LogP contribution in [0.25, 0.3) is 0 Å². The summed E-state index contributed by atoms with van der Waals surface area (Å²) in [5.41, 5.74) is 0.283. The summed E-state index contributed by atoms with van der Waals surface area (Å²) in [6, 6.07) is -1.67. The van der Waals surface area contributed by atoms with Crippen LogP contribution in [0, 0.1) is 5.92 Å². The number of alkyl halides is 3. The van der Waals surface area contributed by atoms with Crippen LogP contribution in [0.1, 0.15) is 27.2 Å². The lowest BCUT2D eigenvalue weighted by Crippen LogP contribution is -2.48. The molecule has 0 fully saturated rings. The maximum atomic E-state index is 13.4. The summed E-state index contributed by atoms with van der Waals surface area (Å²) in [6.45, 7) is 12.5. The molecule has 0 aliphatic rings. The Bertz CT molecular complexity index is 490. The standard InChI is InChI=1S/C15H24F3NO2S2/c1-7-9-13(22-12(5)23(20)21)10(3)11(4)14(15(16,17)18)19(6)8-2/h9,11,14H,3,5,7-8H2,1-2,4,6H3,(H,20,21). The van der Waals surface area contributed by atoms with Crippen molar-refractivity contribution in [2.24, 2.45) is 5.92 Å². The second kappa shape index (κ2) is 9.66. The molecule has 23 heavy (non-hydrogen) atoms. The highest BCUT2D eigenvalue weighted by Gasteiger charge is 2.46. The molecule has 8 heteroatoms. The number of hydrogen-bond donors (Lipinski definition) is 1. The molecule has 3 unspecified atom stereocenters. The van der Waals surface area contributed by atoms with Crippen molar-refractivity contribution < 1.29 is 21.9 Å². The molecule has 0 aromatic carbocycles. The fraction of sp³-hybridized carbons (Fsp3) is 0.600. The van der Waals surface area contributed by atoms with E-state index in [0.717, 1.165) is 11.8 Å². The van der Waals surface area contributed by atoms with Crippen LogP contribution in [-0.2, 0) is 11.1 Å². The predicted octanol–water partition coefficient (Wildman–Crippen LogP) is 4.78. The van der Waals surface area contributed by atoms with E-state index in [1.165, 1.54) is 18.9 Å². The molecule has 3 nitrogen and oxygen atoms in total. The Balaban J connectivity index is 5.52. The quantitative estimate of drug-likeness (QED) is 0.468. The summed E-state index contributed by atoms with van der Waals surface area (Å²) in [7, 11) is 1.42. The van der Waals surface area contributed by atoms with Gasteiger partial charge in [-0.25, -0.2) is 4.21 Å². The first-order valence-electron chi connectivity index (χ1n) is 7.11. The van der Waals surface area contributed by atoms with Gasteiger partial charge in [0.15, 0.2) is 11.1 Å². The second-order valence-electron chi connectivity index (χ2n) is 5.07. The van der Waals surface area contributed by atoms with Gasteiger partial charge < -0.3 is 4.55 Å². The van der Waals surface area contributed by atoms with Crippen molar-refractivity contribution in [1.29, 1.82) is 0 Å². The Kier molecular flexibility index (Phi) is 9.42. The molecule has 0 spiro atoms. The molecule has 0 saturated heterocycles. The van der Waals surface area contributed by atoms with E-state index in [9.17, 15) is 17.4 Å². The first-order chi connectivity index (χ1) is 10.5. The minimum Gasteiger partial charge on any atom is -0.302 e. The molecule has 134 valence electrons. The van der Waals surface area contributed by atoms with Crippen molar-refractivity contribution in [3.63, 3.8) is 0 Å². The summed E-state index contributed by atoms with van der Waals surface area (Å²) in [6.07, 6.45) is -2.13. The summed E-state index contributed by atoms with van der Waals surface area (Å²) in [5.74, 6) is -0.898. The van der Waals surface area contributed by atoms with E-state index < -0.39 is 29.2 Å². The highest BCUT2D eigenvalue weighted by atomic mass is 32.2. The topological polar surface area (TPSA) is 40.5 Å². The van der Waals surface area contributed by atoms with E-state index >= 15 is 0 Å². The Labute approximate surface area is 143 Å². The summed E-state index contributed by atoms with van der Waals surface area (Å²) in [4.78, 5) is 1.68. The van der Waals surface area contributed by atoms with Gasteiger partial charge in [-0.1, -0.05) is 51.8 Å². The van der Waals surface area contributed by atoms with E-state index in [1.54, 1.807) is 13.0 Å². The zero-order valence-corrected chi connectivity index (χ0v) is 15.4. The van der Waals surface area contributed by atoms with E-state index in [2.05, 4.69) is 13.2 Å². The summed E-state index contributed by atoms with van der Waals surface area (Å²) < 4.78 is 60.2. The fourth-order valence-electron chi connectivity index (χ4n) is 2.11. The van der Waals surface area contributed by atoms with Crippen LogP contribution in [0.15, 0.2) is 33.9 Å². The zero-order valence-electron chi connectivity index (χ0n) is 13.8. The Morgan fingerprint density at radius 2 is 1.91 bits per heavy atom. The molecule has 0 aromatic heterocycles. The number of hydrogen-bond acceptors (Lipinski definition) is 3. The van der Waals surface area contributed by atoms with Crippen LogP contribution < -0.4 is 0 Å². The molecular weight excluding hydrogens is 347 g/mol. The van der Waals surface area contributed by atoms with Gasteiger partial charge in [0.25, 0.3) is 0 Å². The van der Waals surface area contributed by atoms with Gasteiger partial charge in [0.2, 0.25) is 0 Å². The van der Waals surface area contributed by atoms with E-state index in [1.807, 2.05) is 6.92 Å². The molecule has 0 radical (unpaired) electrons. The predicted molar refractivity (Wildman–Crippen MR) is 92.3 cm³/mol. The van der Waals surface area contributed by atoms with E-state index in [4.69, 9.17) is 4.55 Å². The van der Waals surface area contributed by atoms with Gasteiger partial charge in [-0.2, -0.15) is 13.2 Å². The fourth-order valence-corrected chi connectivity index (χ4v) is 3.48. The SMILES string of the molecule is C=C(C(=CCC)SC(=C)S(=O)O)C(C)C(N(C)CC)C(F)(F)F. The van der Waals surface area contributed by atoms with Crippen molar-refractivity contribution in [2.45, 2.75) is 39.4 Å². The van der Waals surface area contributed by atoms with Crippen molar-refractivity contribution in [1.82, 2.24) is 4.90 Å². The Morgan fingerprint density at radius 3 is 2.26 bits per heavy atom. The molecule has 0 heterocycles. The van der Waals surface area contributed by atoms with Crippen LogP contribution in [0.4, 0.5) is 13.2 Å². The third kappa shape index (κ3) is 6.82. The smallest absolute Gasteiger partial charge is 0.302 e. The van der Waals surface area contributed by atoms with Crippen LogP contribution in [0.2, 0.25) is 0 Å². The first kappa shape index (κ1) is 22.4. The third-order valence-electron chi connectivity index (χ3n) is 3.46. The number of nitrogens with zero attached hydrogens (tertiary/aromatic N) is 1.